The van der Waals surface area contributed by atoms with E-state index in [1.54, 1.807) is 38.1 Å². The van der Waals surface area contributed by atoms with Crippen LogP contribution < -0.4 is 5.32 Å². The fourth-order valence-electron chi connectivity index (χ4n) is 1.85. The first-order chi connectivity index (χ1) is 9.49. The summed E-state index contributed by atoms with van der Waals surface area (Å²) < 4.78 is 0. The molecule has 0 bridgehead atoms. The van der Waals surface area contributed by atoms with Crippen molar-refractivity contribution >= 4 is 17.6 Å². The Morgan fingerprint density at radius 1 is 1.20 bits per heavy atom. The summed E-state index contributed by atoms with van der Waals surface area (Å²) in [7, 11) is 0. The first-order valence-corrected chi connectivity index (χ1v) is 6.06. The van der Waals surface area contributed by atoms with E-state index >= 15 is 0 Å². The molecule has 2 rings (SSSR count). The molecule has 0 aliphatic heterocycles. The molecule has 0 aliphatic rings. The van der Waals surface area contributed by atoms with E-state index in [0.717, 1.165) is 11.1 Å². The lowest BCUT2D eigenvalue weighted by Crippen LogP contribution is -2.17. The van der Waals surface area contributed by atoms with E-state index in [0.29, 0.717) is 0 Å². The monoisotopic (exact) mass is 270 g/mol. The maximum atomic E-state index is 12.1. The molecule has 102 valence electrons. The number of aromatic nitrogens is 1. The number of aromatic carboxylic acids is 1. The fraction of sp³-hybridized carbons (Fsp3) is 0.133. The predicted molar refractivity (Wildman–Crippen MR) is 75.1 cm³/mol. The van der Waals surface area contributed by atoms with Gasteiger partial charge in [0, 0.05) is 6.20 Å². The number of anilines is 1. The van der Waals surface area contributed by atoms with Crippen LogP contribution in [-0.4, -0.2) is 22.0 Å². The zero-order valence-corrected chi connectivity index (χ0v) is 11.2. The predicted octanol–water partition coefficient (Wildman–Crippen LogP) is 2.65. The number of carbonyl (C=O) groups excluding carboxylic acids is 1. The molecule has 5 heteroatoms. The number of amides is 1. The number of carbonyl (C=O) groups is 2. The van der Waals surface area contributed by atoms with E-state index in [1.807, 2.05) is 0 Å². The fourth-order valence-corrected chi connectivity index (χ4v) is 1.85. The lowest BCUT2D eigenvalue weighted by molar-refractivity contribution is 0.0698. The number of rotatable bonds is 3. The first kappa shape index (κ1) is 13.7. The quantitative estimate of drug-likeness (QED) is 0.898. The third kappa shape index (κ3) is 2.83. The Balaban J connectivity index is 2.33. The van der Waals surface area contributed by atoms with Crippen molar-refractivity contribution in [2.75, 3.05) is 5.32 Å². The van der Waals surface area contributed by atoms with Gasteiger partial charge >= 0.3 is 5.97 Å². The molecule has 0 fully saturated rings. The van der Waals surface area contributed by atoms with Crippen LogP contribution in [0.5, 0.6) is 0 Å². The number of carboxylic acid groups (broad SMARTS) is 1. The maximum absolute atomic E-state index is 12.1. The van der Waals surface area contributed by atoms with Gasteiger partial charge in [0.15, 0.2) is 0 Å². The average Bonchev–Trinajstić information content (AvgIpc) is 2.41. The third-order valence-corrected chi connectivity index (χ3v) is 2.88. The summed E-state index contributed by atoms with van der Waals surface area (Å²) in [6, 6.07) is 8.35. The van der Waals surface area contributed by atoms with Gasteiger partial charge in [-0.2, -0.15) is 0 Å². The maximum Gasteiger partial charge on any atom is 0.337 e. The second-order valence-corrected chi connectivity index (χ2v) is 4.48. The molecule has 1 amide bonds. The van der Waals surface area contributed by atoms with Crippen LogP contribution in [0.15, 0.2) is 36.5 Å². The number of hydrogen-bond acceptors (Lipinski definition) is 3. The highest BCUT2D eigenvalue weighted by Crippen LogP contribution is 2.18. The van der Waals surface area contributed by atoms with Crippen LogP contribution >= 0.6 is 0 Å². The molecule has 0 saturated heterocycles. The minimum atomic E-state index is -1.08. The molecule has 0 unspecified atom stereocenters. The summed E-state index contributed by atoms with van der Waals surface area (Å²) in [6.07, 6.45) is 1.52. The molecule has 0 saturated carbocycles. The van der Waals surface area contributed by atoms with Crippen molar-refractivity contribution in [3.63, 3.8) is 0 Å². The van der Waals surface area contributed by atoms with Gasteiger partial charge in [-0.05, 0) is 37.6 Å². The standard InChI is InChI=1S/C15H14N2O3/c1-9-5-6-12(11(8-9)15(19)20)17-14(18)13-10(2)4-3-7-16-13/h3-8H,1-2H3,(H,17,18)(H,19,20). The van der Waals surface area contributed by atoms with Gasteiger partial charge in [0.25, 0.3) is 5.91 Å². The zero-order chi connectivity index (χ0) is 14.7. The molecular formula is C15H14N2O3. The van der Waals surface area contributed by atoms with Gasteiger partial charge in [-0.15, -0.1) is 0 Å². The molecule has 1 aromatic heterocycles. The minimum absolute atomic E-state index is 0.0620. The molecular weight excluding hydrogens is 256 g/mol. The van der Waals surface area contributed by atoms with Gasteiger partial charge in [0.1, 0.15) is 5.69 Å². The van der Waals surface area contributed by atoms with Crippen molar-refractivity contribution in [2.24, 2.45) is 0 Å². The third-order valence-electron chi connectivity index (χ3n) is 2.88. The summed E-state index contributed by atoms with van der Waals surface area (Å²) in [6.45, 7) is 3.57. The Morgan fingerprint density at radius 2 is 1.95 bits per heavy atom. The number of aryl methyl sites for hydroxylation is 2. The first-order valence-electron chi connectivity index (χ1n) is 6.06. The summed E-state index contributed by atoms with van der Waals surface area (Å²) in [5.41, 5.74) is 2.15. The van der Waals surface area contributed by atoms with Crippen molar-refractivity contribution in [2.45, 2.75) is 13.8 Å². The molecule has 0 radical (unpaired) electrons. The number of pyridine rings is 1. The summed E-state index contributed by atoms with van der Waals surface area (Å²) >= 11 is 0. The smallest absolute Gasteiger partial charge is 0.337 e. The van der Waals surface area contributed by atoms with E-state index < -0.39 is 11.9 Å². The molecule has 5 nitrogen and oxygen atoms in total. The molecule has 0 aliphatic carbocycles. The normalized spacial score (nSPS) is 10.1. The SMILES string of the molecule is Cc1ccc(NC(=O)c2ncccc2C)c(C(=O)O)c1. The van der Waals surface area contributed by atoms with Crippen LogP contribution in [0.4, 0.5) is 5.69 Å². The van der Waals surface area contributed by atoms with Crippen molar-refractivity contribution in [1.29, 1.82) is 0 Å². The zero-order valence-electron chi connectivity index (χ0n) is 11.2. The molecule has 0 spiro atoms. The Morgan fingerprint density at radius 3 is 2.60 bits per heavy atom. The minimum Gasteiger partial charge on any atom is -0.478 e. The summed E-state index contributed by atoms with van der Waals surface area (Å²) in [5.74, 6) is -1.50. The van der Waals surface area contributed by atoms with Crippen LogP contribution in [-0.2, 0) is 0 Å². The van der Waals surface area contributed by atoms with E-state index in [1.165, 1.54) is 12.3 Å². The van der Waals surface area contributed by atoms with Crippen molar-refractivity contribution in [3.8, 4) is 0 Å². The Hall–Kier alpha value is -2.69. The number of carboxylic acids is 1. The Labute approximate surface area is 116 Å². The topological polar surface area (TPSA) is 79.3 Å². The van der Waals surface area contributed by atoms with Crippen molar-refractivity contribution in [1.82, 2.24) is 4.98 Å². The van der Waals surface area contributed by atoms with Crippen LogP contribution in [0.25, 0.3) is 0 Å². The number of hydrogen-bond donors (Lipinski definition) is 2. The van der Waals surface area contributed by atoms with Crippen molar-refractivity contribution in [3.05, 3.63) is 58.9 Å². The summed E-state index contributed by atoms with van der Waals surface area (Å²) in [5, 5.41) is 11.8. The van der Waals surface area contributed by atoms with E-state index in [2.05, 4.69) is 10.3 Å². The Kier molecular flexibility index (Phi) is 3.79. The van der Waals surface area contributed by atoms with Gasteiger partial charge in [-0.25, -0.2) is 4.79 Å². The lowest BCUT2D eigenvalue weighted by atomic mass is 10.1. The molecule has 1 aromatic carbocycles. The summed E-state index contributed by atoms with van der Waals surface area (Å²) in [4.78, 5) is 27.3. The highest BCUT2D eigenvalue weighted by Gasteiger charge is 2.15. The van der Waals surface area contributed by atoms with Crippen molar-refractivity contribution < 1.29 is 14.7 Å². The van der Waals surface area contributed by atoms with E-state index in [-0.39, 0.29) is 16.9 Å². The number of nitrogens with one attached hydrogen (secondary N) is 1. The molecule has 20 heavy (non-hydrogen) atoms. The second kappa shape index (κ2) is 5.52. The molecule has 2 N–H and O–H groups in total. The van der Waals surface area contributed by atoms with Crippen LogP contribution in [0.3, 0.4) is 0 Å². The number of benzene rings is 1. The lowest BCUT2D eigenvalue weighted by Gasteiger charge is -2.10. The van der Waals surface area contributed by atoms with Gasteiger partial charge in [0.2, 0.25) is 0 Å². The number of nitrogens with zero attached hydrogens (tertiary/aromatic N) is 1. The highest BCUT2D eigenvalue weighted by atomic mass is 16.4. The average molecular weight is 270 g/mol. The van der Waals surface area contributed by atoms with Gasteiger partial charge in [-0.1, -0.05) is 17.7 Å². The van der Waals surface area contributed by atoms with Gasteiger partial charge < -0.3 is 10.4 Å². The highest BCUT2D eigenvalue weighted by molar-refractivity contribution is 6.07. The Bertz CT molecular complexity index is 681. The van der Waals surface area contributed by atoms with Gasteiger partial charge in [0.05, 0.1) is 11.3 Å². The second-order valence-electron chi connectivity index (χ2n) is 4.48. The largest absolute Gasteiger partial charge is 0.478 e. The molecule has 2 aromatic rings. The molecule has 0 atom stereocenters. The van der Waals surface area contributed by atoms with E-state index in [4.69, 9.17) is 5.11 Å². The van der Waals surface area contributed by atoms with Crippen LogP contribution in [0, 0.1) is 13.8 Å². The van der Waals surface area contributed by atoms with E-state index in [9.17, 15) is 9.59 Å². The van der Waals surface area contributed by atoms with Gasteiger partial charge in [-0.3, -0.25) is 9.78 Å². The van der Waals surface area contributed by atoms with Crippen LogP contribution in [0.1, 0.15) is 32.0 Å². The van der Waals surface area contributed by atoms with Crippen LogP contribution in [0.2, 0.25) is 0 Å². The molecule has 1 heterocycles.